The largest absolute Gasteiger partial charge is 0.476 e. The van der Waals surface area contributed by atoms with Gasteiger partial charge in [0.05, 0.1) is 12.4 Å². The lowest BCUT2D eigenvalue weighted by atomic mass is 10.1. The molecule has 0 radical (unpaired) electrons. The lowest BCUT2D eigenvalue weighted by Crippen LogP contribution is -2.16. The van der Waals surface area contributed by atoms with Gasteiger partial charge in [0.25, 0.3) is 0 Å². The minimum absolute atomic E-state index is 0.0313. The number of nitrogens with zero attached hydrogens (tertiary/aromatic N) is 2. The molecule has 1 unspecified atom stereocenters. The molecular weight excluding hydrogens is 230 g/mol. The Labute approximate surface area is 108 Å². The van der Waals surface area contributed by atoms with Crippen molar-refractivity contribution in [2.24, 2.45) is 0 Å². The van der Waals surface area contributed by atoms with Gasteiger partial charge in [0.15, 0.2) is 5.69 Å². The SMILES string of the molecule is CCCCCCC(C)Nc1cnc(C(=O)O)cn1. The second kappa shape index (κ2) is 7.63. The Hall–Kier alpha value is -1.65. The molecule has 1 aromatic heterocycles. The molecule has 0 saturated carbocycles. The number of hydrogen-bond acceptors (Lipinski definition) is 4. The maximum Gasteiger partial charge on any atom is 0.356 e. The second-order valence-electron chi connectivity index (χ2n) is 4.49. The molecule has 5 heteroatoms. The summed E-state index contributed by atoms with van der Waals surface area (Å²) in [6.07, 6.45) is 8.79. The summed E-state index contributed by atoms with van der Waals surface area (Å²) in [5, 5.41) is 11.9. The van der Waals surface area contributed by atoms with Crippen LogP contribution in [0, 0.1) is 0 Å². The van der Waals surface area contributed by atoms with Crippen LogP contribution in [-0.4, -0.2) is 27.1 Å². The van der Waals surface area contributed by atoms with Gasteiger partial charge in [0.2, 0.25) is 0 Å². The first kappa shape index (κ1) is 14.4. The average molecular weight is 251 g/mol. The zero-order valence-electron chi connectivity index (χ0n) is 11.0. The number of unbranched alkanes of at least 4 members (excludes halogenated alkanes) is 3. The number of aromatic carboxylic acids is 1. The van der Waals surface area contributed by atoms with E-state index in [2.05, 4.69) is 29.1 Å². The molecular formula is C13H21N3O2. The van der Waals surface area contributed by atoms with Gasteiger partial charge in [-0.1, -0.05) is 32.6 Å². The summed E-state index contributed by atoms with van der Waals surface area (Å²) in [5.41, 5.74) is -0.0313. The number of carboxylic acids is 1. The molecule has 1 aromatic rings. The number of rotatable bonds is 8. The highest BCUT2D eigenvalue weighted by molar-refractivity contribution is 5.84. The number of aromatic nitrogens is 2. The zero-order valence-corrected chi connectivity index (χ0v) is 11.0. The zero-order chi connectivity index (χ0) is 13.4. The molecule has 2 N–H and O–H groups in total. The summed E-state index contributed by atoms with van der Waals surface area (Å²) in [7, 11) is 0. The van der Waals surface area contributed by atoms with Crippen LogP contribution in [0.3, 0.4) is 0 Å². The Morgan fingerprint density at radius 2 is 2.11 bits per heavy atom. The molecule has 0 spiro atoms. The normalized spacial score (nSPS) is 12.1. The van der Waals surface area contributed by atoms with Crippen molar-refractivity contribution in [1.82, 2.24) is 9.97 Å². The lowest BCUT2D eigenvalue weighted by Gasteiger charge is -2.13. The van der Waals surface area contributed by atoms with Crippen molar-refractivity contribution < 1.29 is 9.90 Å². The molecule has 1 heterocycles. The Morgan fingerprint density at radius 3 is 2.67 bits per heavy atom. The third kappa shape index (κ3) is 5.12. The molecule has 0 fully saturated rings. The summed E-state index contributed by atoms with van der Waals surface area (Å²) in [4.78, 5) is 18.5. The van der Waals surface area contributed by atoms with E-state index >= 15 is 0 Å². The van der Waals surface area contributed by atoms with E-state index in [0.717, 1.165) is 6.42 Å². The van der Waals surface area contributed by atoms with Crippen molar-refractivity contribution in [2.75, 3.05) is 5.32 Å². The Balaban J connectivity index is 2.35. The highest BCUT2D eigenvalue weighted by atomic mass is 16.4. The van der Waals surface area contributed by atoms with Crippen molar-refractivity contribution >= 4 is 11.8 Å². The molecule has 100 valence electrons. The monoisotopic (exact) mass is 251 g/mol. The fourth-order valence-electron chi connectivity index (χ4n) is 1.71. The van der Waals surface area contributed by atoms with Crippen LogP contribution in [0.2, 0.25) is 0 Å². The van der Waals surface area contributed by atoms with Crippen LogP contribution in [-0.2, 0) is 0 Å². The first-order valence-electron chi connectivity index (χ1n) is 6.45. The molecule has 1 rings (SSSR count). The van der Waals surface area contributed by atoms with Crippen LogP contribution >= 0.6 is 0 Å². The van der Waals surface area contributed by atoms with Gasteiger partial charge < -0.3 is 10.4 Å². The summed E-state index contributed by atoms with van der Waals surface area (Å²) < 4.78 is 0. The summed E-state index contributed by atoms with van der Waals surface area (Å²) in [6, 6.07) is 0.326. The van der Waals surface area contributed by atoms with E-state index < -0.39 is 5.97 Å². The van der Waals surface area contributed by atoms with Gasteiger partial charge in [0.1, 0.15) is 5.82 Å². The Bertz CT molecular complexity index is 365. The summed E-state index contributed by atoms with van der Waals surface area (Å²) in [5.74, 6) is -0.426. The van der Waals surface area contributed by atoms with Gasteiger partial charge >= 0.3 is 5.97 Å². The Kier molecular flexibility index (Phi) is 6.11. The fraction of sp³-hybridized carbons (Fsp3) is 0.615. The van der Waals surface area contributed by atoms with Gasteiger partial charge in [-0.15, -0.1) is 0 Å². The predicted octanol–water partition coefficient (Wildman–Crippen LogP) is 2.95. The third-order valence-corrected chi connectivity index (χ3v) is 2.76. The van der Waals surface area contributed by atoms with E-state index in [1.807, 2.05) is 0 Å². The number of carboxylic acid groups (broad SMARTS) is 1. The topological polar surface area (TPSA) is 75.1 Å². The van der Waals surface area contributed by atoms with Crippen molar-refractivity contribution in [2.45, 2.75) is 52.0 Å². The van der Waals surface area contributed by atoms with Crippen LogP contribution in [0.4, 0.5) is 5.82 Å². The number of hydrogen-bond donors (Lipinski definition) is 2. The minimum atomic E-state index is -1.05. The predicted molar refractivity (Wildman–Crippen MR) is 70.8 cm³/mol. The average Bonchev–Trinajstić information content (AvgIpc) is 2.35. The van der Waals surface area contributed by atoms with Gasteiger partial charge in [0, 0.05) is 6.04 Å². The fourth-order valence-corrected chi connectivity index (χ4v) is 1.71. The summed E-state index contributed by atoms with van der Waals surface area (Å²) in [6.45, 7) is 4.29. The molecule has 0 aliphatic rings. The van der Waals surface area contributed by atoms with E-state index in [0.29, 0.717) is 11.9 Å². The number of anilines is 1. The van der Waals surface area contributed by atoms with E-state index in [-0.39, 0.29) is 5.69 Å². The highest BCUT2D eigenvalue weighted by Crippen LogP contribution is 2.09. The van der Waals surface area contributed by atoms with Crippen LogP contribution < -0.4 is 5.32 Å². The van der Waals surface area contributed by atoms with Crippen molar-refractivity contribution in [1.29, 1.82) is 0 Å². The van der Waals surface area contributed by atoms with Gasteiger partial charge in [-0.25, -0.2) is 14.8 Å². The Morgan fingerprint density at radius 1 is 1.33 bits per heavy atom. The van der Waals surface area contributed by atoms with E-state index in [4.69, 9.17) is 5.11 Å². The molecule has 0 aliphatic carbocycles. The molecule has 0 saturated heterocycles. The van der Waals surface area contributed by atoms with Gasteiger partial charge in [-0.05, 0) is 13.3 Å². The van der Waals surface area contributed by atoms with Gasteiger partial charge in [-0.3, -0.25) is 0 Å². The smallest absolute Gasteiger partial charge is 0.356 e. The molecule has 0 amide bonds. The molecule has 0 bridgehead atoms. The van der Waals surface area contributed by atoms with Crippen molar-refractivity contribution in [3.8, 4) is 0 Å². The number of carbonyl (C=O) groups is 1. The van der Waals surface area contributed by atoms with E-state index in [1.54, 1.807) is 0 Å². The van der Waals surface area contributed by atoms with Gasteiger partial charge in [-0.2, -0.15) is 0 Å². The molecule has 0 aromatic carbocycles. The molecule has 1 atom stereocenters. The van der Waals surface area contributed by atoms with Crippen LogP contribution in [0.1, 0.15) is 56.4 Å². The minimum Gasteiger partial charge on any atom is -0.476 e. The second-order valence-corrected chi connectivity index (χ2v) is 4.49. The first-order valence-corrected chi connectivity index (χ1v) is 6.45. The number of nitrogens with one attached hydrogen (secondary N) is 1. The molecule has 0 aliphatic heterocycles. The first-order chi connectivity index (χ1) is 8.63. The molecule has 18 heavy (non-hydrogen) atoms. The van der Waals surface area contributed by atoms with Crippen LogP contribution in [0.5, 0.6) is 0 Å². The standard InChI is InChI=1S/C13H21N3O2/c1-3-4-5-6-7-10(2)16-12-9-14-11(8-15-12)13(17)18/h8-10H,3-7H2,1-2H3,(H,15,16)(H,17,18). The van der Waals surface area contributed by atoms with E-state index in [9.17, 15) is 4.79 Å². The maximum absolute atomic E-state index is 10.6. The third-order valence-electron chi connectivity index (χ3n) is 2.76. The molecule has 5 nitrogen and oxygen atoms in total. The maximum atomic E-state index is 10.6. The van der Waals surface area contributed by atoms with Crippen molar-refractivity contribution in [3.05, 3.63) is 18.1 Å². The summed E-state index contributed by atoms with van der Waals surface area (Å²) >= 11 is 0. The lowest BCUT2D eigenvalue weighted by molar-refractivity contribution is 0.0690. The van der Waals surface area contributed by atoms with E-state index in [1.165, 1.54) is 38.1 Å². The highest BCUT2D eigenvalue weighted by Gasteiger charge is 2.06. The van der Waals surface area contributed by atoms with Crippen LogP contribution in [0.25, 0.3) is 0 Å². The quantitative estimate of drug-likeness (QED) is 0.695. The van der Waals surface area contributed by atoms with Crippen molar-refractivity contribution in [3.63, 3.8) is 0 Å². The van der Waals surface area contributed by atoms with Crippen LogP contribution in [0.15, 0.2) is 12.4 Å².